The molecule has 0 fully saturated rings. The molecule has 0 N–H and O–H groups in total. The highest BCUT2D eigenvalue weighted by Gasteiger charge is 2.21. The fourth-order valence-corrected chi connectivity index (χ4v) is 10.6. The zero-order valence-corrected chi connectivity index (χ0v) is 33.1. The first-order valence-electron chi connectivity index (χ1n) is 19.6. The third-order valence-electron chi connectivity index (χ3n) is 11.1. The van der Waals surface area contributed by atoms with Crippen LogP contribution >= 0.6 is 22.7 Å². The Morgan fingerprint density at radius 2 is 0.690 bits per heavy atom. The van der Waals surface area contributed by atoms with Gasteiger partial charge in [0.05, 0.1) is 5.69 Å². The second-order valence-electron chi connectivity index (χ2n) is 14.5. The summed E-state index contributed by atoms with van der Waals surface area (Å²) >= 11 is 3.72. The van der Waals surface area contributed by atoms with Crippen molar-refractivity contribution in [2.45, 2.75) is 0 Å². The summed E-state index contributed by atoms with van der Waals surface area (Å²) in [5.74, 6) is 0. The van der Waals surface area contributed by atoms with E-state index in [1.54, 1.807) is 0 Å². The van der Waals surface area contributed by atoms with Gasteiger partial charge in [0.2, 0.25) is 0 Å². The third kappa shape index (κ3) is 6.11. The van der Waals surface area contributed by atoms with Gasteiger partial charge in [0.25, 0.3) is 0 Å². The van der Waals surface area contributed by atoms with Gasteiger partial charge >= 0.3 is 0 Å². The van der Waals surface area contributed by atoms with Gasteiger partial charge in [-0.1, -0.05) is 140 Å². The van der Waals surface area contributed by atoms with E-state index in [1.165, 1.54) is 68.3 Å². The Hall–Kier alpha value is -6.98. The molecule has 0 aliphatic heterocycles. The van der Waals surface area contributed by atoms with Crippen LogP contribution in [0.5, 0.6) is 0 Å². The number of anilines is 6. The summed E-state index contributed by atoms with van der Waals surface area (Å²) in [7, 11) is 0. The van der Waals surface area contributed by atoms with Crippen LogP contribution in [0.2, 0.25) is 0 Å². The number of nitrogens with zero attached hydrogens (tertiary/aromatic N) is 2. The lowest BCUT2D eigenvalue weighted by atomic mass is 10.0. The van der Waals surface area contributed by atoms with Gasteiger partial charge in [-0.25, -0.2) is 0 Å². The van der Waals surface area contributed by atoms with Crippen molar-refractivity contribution >= 4 is 97.1 Å². The second-order valence-corrected chi connectivity index (χ2v) is 16.7. The first-order chi connectivity index (χ1) is 28.7. The molecule has 0 bridgehead atoms. The summed E-state index contributed by atoms with van der Waals surface area (Å²) < 4.78 is 5.12. The van der Waals surface area contributed by atoms with E-state index in [1.807, 2.05) is 22.7 Å². The Labute approximate surface area is 345 Å². The number of hydrogen-bond acceptors (Lipinski definition) is 4. The monoisotopic (exact) mass is 776 g/mol. The molecule has 9 aromatic carbocycles. The van der Waals surface area contributed by atoms with E-state index in [0.29, 0.717) is 0 Å². The molecule has 0 amide bonds. The highest BCUT2D eigenvalue weighted by atomic mass is 32.1. The Morgan fingerprint density at radius 3 is 1.33 bits per heavy atom. The Balaban J connectivity index is 1.05. The van der Waals surface area contributed by atoms with Crippen LogP contribution in [0, 0.1) is 0 Å². The molecular formula is C54H36N2S2. The van der Waals surface area contributed by atoms with Crippen molar-refractivity contribution in [1.29, 1.82) is 0 Å². The molecule has 4 heteroatoms. The summed E-state index contributed by atoms with van der Waals surface area (Å²) in [6.45, 7) is 0. The van der Waals surface area contributed by atoms with Crippen LogP contribution in [0.4, 0.5) is 34.1 Å². The second kappa shape index (κ2) is 14.5. The molecule has 0 aliphatic carbocycles. The number of fused-ring (bicyclic) bond motifs is 6. The zero-order chi connectivity index (χ0) is 38.4. The average molecular weight is 777 g/mol. The topological polar surface area (TPSA) is 6.48 Å². The molecule has 58 heavy (non-hydrogen) atoms. The van der Waals surface area contributed by atoms with E-state index in [2.05, 4.69) is 228 Å². The van der Waals surface area contributed by atoms with Gasteiger partial charge in [0, 0.05) is 68.8 Å². The van der Waals surface area contributed by atoms with Crippen molar-refractivity contribution in [2.24, 2.45) is 0 Å². The van der Waals surface area contributed by atoms with E-state index >= 15 is 0 Å². The predicted octanol–water partition coefficient (Wildman–Crippen LogP) is 16.7. The van der Waals surface area contributed by atoms with E-state index in [-0.39, 0.29) is 0 Å². The molecule has 11 aromatic rings. The Morgan fingerprint density at radius 1 is 0.259 bits per heavy atom. The van der Waals surface area contributed by atoms with Crippen LogP contribution in [0.3, 0.4) is 0 Å². The Kier molecular flexibility index (Phi) is 8.58. The van der Waals surface area contributed by atoms with Crippen molar-refractivity contribution in [3.05, 3.63) is 218 Å². The first kappa shape index (κ1) is 34.3. The quantitative estimate of drug-likeness (QED) is 0.152. The fraction of sp³-hybridized carbons (Fsp3) is 0. The molecule has 0 spiro atoms. The van der Waals surface area contributed by atoms with Crippen molar-refractivity contribution in [3.8, 4) is 22.3 Å². The lowest BCUT2D eigenvalue weighted by Crippen LogP contribution is -2.10. The average Bonchev–Trinajstić information content (AvgIpc) is 3.86. The maximum atomic E-state index is 2.43. The molecule has 0 aliphatic rings. The van der Waals surface area contributed by atoms with Crippen molar-refractivity contribution in [1.82, 2.24) is 0 Å². The fourth-order valence-electron chi connectivity index (χ4n) is 8.29. The highest BCUT2D eigenvalue weighted by Crippen LogP contribution is 2.48. The molecule has 0 saturated heterocycles. The van der Waals surface area contributed by atoms with Gasteiger partial charge in [-0.2, -0.15) is 0 Å². The largest absolute Gasteiger partial charge is 0.310 e. The SMILES string of the molecule is c1ccc(-c2ccc(N(c3ccc(-c4ccccc4)cc3)c3ccc4c(c3)sc3cccc(N(c5ccccc5)c5ccc6c(c5)sc5ccccc56)c34)cc2)cc1. The van der Waals surface area contributed by atoms with Crippen LogP contribution < -0.4 is 9.80 Å². The van der Waals surface area contributed by atoms with Crippen LogP contribution in [0.25, 0.3) is 62.6 Å². The minimum absolute atomic E-state index is 1.11. The lowest BCUT2D eigenvalue weighted by Gasteiger charge is -2.27. The summed E-state index contributed by atoms with van der Waals surface area (Å²) in [4.78, 5) is 4.81. The summed E-state index contributed by atoms with van der Waals surface area (Å²) in [5.41, 5.74) is 11.6. The van der Waals surface area contributed by atoms with E-state index in [9.17, 15) is 0 Å². The van der Waals surface area contributed by atoms with Gasteiger partial charge in [0.1, 0.15) is 0 Å². The maximum absolute atomic E-state index is 2.43. The van der Waals surface area contributed by atoms with Gasteiger partial charge in [-0.15, -0.1) is 22.7 Å². The molecule has 0 radical (unpaired) electrons. The highest BCUT2D eigenvalue weighted by molar-refractivity contribution is 7.26. The molecular weight excluding hydrogens is 741 g/mol. The van der Waals surface area contributed by atoms with Crippen LogP contribution in [-0.4, -0.2) is 0 Å². The van der Waals surface area contributed by atoms with Gasteiger partial charge in [-0.05, 0) is 101 Å². The standard InChI is InChI=1S/C54H36N2S2/c1-4-13-37(14-5-1)39-23-27-42(28-24-39)55(43-29-25-40(26-30-43)38-15-6-2-7-16-38)44-32-34-48-53(35-44)58-51-22-12-20-49(54(48)51)56(41-17-8-3-9-18-41)45-31-33-47-46-19-10-11-21-50(46)57-52(47)36-45/h1-36H. The van der Waals surface area contributed by atoms with Crippen LogP contribution in [-0.2, 0) is 0 Å². The Bertz CT molecular complexity index is 3120. The molecule has 2 aromatic heterocycles. The summed E-state index contributed by atoms with van der Waals surface area (Å²) in [5, 5.41) is 5.13. The van der Waals surface area contributed by atoms with Crippen LogP contribution in [0.15, 0.2) is 218 Å². The minimum Gasteiger partial charge on any atom is -0.310 e. The molecule has 11 rings (SSSR count). The minimum atomic E-state index is 1.11. The smallest absolute Gasteiger partial charge is 0.0554 e. The number of hydrogen-bond donors (Lipinski definition) is 0. The number of para-hydroxylation sites is 1. The molecule has 2 heterocycles. The van der Waals surface area contributed by atoms with Gasteiger partial charge in [-0.3, -0.25) is 0 Å². The lowest BCUT2D eigenvalue weighted by molar-refractivity contribution is 1.29. The first-order valence-corrected chi connectivity index (χ1v) is 21.2. The number of rotatable bonds is 8. The van der Waals surface area contributed by atoms with Gasteiger partial charge in [0.15, 0.2) is 0 Å². The normalized spacial score (nSPS) is 11.4. The molecule has 0 atom stereocenters. The zero-order valence-electron chi connectivity index (χ0n) is 31.5. The molecule has 0 saturated carbocycles. The van der Waals surface area contributed by atoms with Crippen molar-refractivity contribution in [2.75, 3.05) is 9.80 Å². The predicted molar refractivity (Wildman–Crippen MR) is 252 cm³/mol. The maximum Gasteiger partial charge on any atom is 0.0554 e. The molecule has 0 unspecified atom stereocenters. The summed E-state index contributed by atoms with van der Waals surface area (Å²) in [6, 6.07) is 79.3. The van der Waals surface area contributed by atoms with Gasteiger partial charge < -0.3 is 9.80 Å². The van der Waals surface area contributed by atoms with E-state index in [0.717, 1.165) is 28.4 Å². The van der Waals surface area contributed by atoms with E-state index < -0.39 is 0 Å². The molecule has 2 nitrogen and oxygen atoms in total. The van der Waals surface area contributed by atoms with Crippen molar-refractivity contribution < 1.29 is 0 Å². The van der Waals surface area contributed by atoms with Crippen LogP contribution in [0.1, 0.15) is 0 Å². The number of thiophene rings is 2. The number of benzene rings is 9. The van der Waals surface area contributed by atoms with E-state index in [4.69, 9.17) is 0 Å². The summed E-state index contributed by atoms with van der Waals surface area (Å²) in [6.07, 6.45) is 0. The van der Waals surface area contributed by atoms with Crippen molar-refractivity contribution in [3.63, 3.8) is 0 Å². The third-order valence-corrected chi connectivity index (χ3v) is 13.3. The molecule has 274 valence electrons.